The molecule has 0 unspecified atom stereocenters. The Morgan fingerprint density at radius 3 is 2.96 bits per heavy atom. The first-order valence-electron chi connectivity index (χ1n) is 7.98. The average Bonchev–Trinajstić information content (AvgIpc) is 3.14. The van der Waals surface area contributed by atoms with E-state index in [0.717, 1.165) is 17.7 Å². The molecule has 24 heavy (non-hydrogen) atoms. The molecule has 0 saturated carbocycles. The molecule has 0 fully saturated rings. The van der Waals surface area contributed by atoms with Crippen LogP contribution < -0.4 is 15.0 Å². The average molecular weight is 332 g/mol. The second kappa shape index (κ2) is 6.51. The molecule has 1 aromatic carbocycles. The number of rotatable bonds is 4. The van der Waals surface area contributed by atoms with Crippen molar-refractivity contribution < 1.29 is 13.9 Å². The van der Waals surface area contributed by atoms with E-state index in [2.05, 4.69) is 10.4 Å². The summed E-state index contributed by atoms with van der Waals surface area (Å²) >= 11 is 0. The fourth-order valence-electron chi connectivity index (χ4n) is 3.18. The van der Waals surface area contributed by atoms with Gasteiger partial charge in [0, 0.05) is 19.2 Å². The molecule has 0 bridgehead atoms. The van der Waals surface area contributed by atoms with Crippen LogP contribution in [0.3, 0.4) is 0 Å². The van der Waals surface area contributed by atoms with Crippen LogP contribution in [0.2, 0.25) is 0 Å². The molecule has 0 saturated heterocycles. The highest BCUT2D eigenvalue weighted by Crippen LogP contribution is 2.30. The summed E-state index contributed by atoms with van der Waals surface area (Å²) in [4.78, 5) is 14.1. The number of aromatic nitrogens is 2. The van der Waals surface area contributed by atoms with Crippen LogP contribution in [0, 0.1) is 5.82 Å². The smallest absolute Gasteiger partial charge is 0.322 e. The van der Waals surface area contributed by atoms with Crippen LogP contribution in [-0.2, 0) is 26.4 Å². The van der Waals surface area contributed by atoms with Crippen LogP contribution in [-0.4, -0.2) is 29.5 Å². The first-order valence-corrected chi connectivity index (χ1v) is 7.98. The topological polar surface area (TPSA) is 59.4 Å². The van der Waals surface area contributed by atoms with Crippen molar-refractivity contribution in [3.05, 3.63) is 40.8 Å². The van der Waals surface area contributed by atoms with E-state index < -0.39 is 0 Å². The number of anilines is 1. The molecular formula is C17H21FN4O2. The predicted octanol–water partition coefficient (Wildman–Crippen LogP) is 2.40. The highest BCUT2D eigenvalue weighted by atomic mass is 19.1. The number of amides is 2. The van der Waals surface area contributed by atoms with Gasteiger partial charge in [-0.1, -0.05) is 13.0 Å². The van der Waals surface area contributed by atoms with Gasteiger partial charge in [0.1, 0.15) is 5.82 Å². The summed E-state index contributed by atoms with van der Waals surface area (Å²) in [5.74, 6) is 0.380. The van der Waals surface area contributed by atoms with Gasteiger partial charge in [-0.05, 0) is 25.0 Å². The molecular weight excluding hydrogens is 311 g/mol. The number of fused-ring (bicyclic) bond motifs is 1. The van der Waals surface area contributed by atoms with Gasteiger partial charge in [-0.15, -0.1) is 0 Å². The molecule has 0 radical (unpaired) electrons. The molecule has 7 heteroatoms. The number of carbonyl (C=O) groups is 1. The van der Waals surface area contributed by atoms with Crippen molar-refractivity contribution in [3.8, 4) is 5.88 Å². The number of aryl methyl sites for hydroxylation is 2. The number of benzene rings is 1. The van der Waals surface area contributed by atoms with Crippen LogP contribution in [0.5, 0.6) is 5.88 Å². The van der Waals surface area contributed by atoms with Crippen molar-refractivity contribution in [1.82, 2.24) is 15.1 Å². The molecule has 1 aliphatic heterocycles. The van der Waals surface area contributed by atoms with Crippen LogP contribution in [0.15, 0.2) is 18.2 Å². The van der Waals surface area contributed by atoms with Gasteiger partial charge in [-0.2, -0.15) is 5.10 Å². The summed E-state index contributed by atoms with van der Waals surface area (Å²) < 4.78 is 20.8. The number of urea groups is 1. The third-order valence-corrected chi connectivity index (χ3v) is 4.33. The van der Waals surface area contributed by atoms with Crippen LogP contribution in [0.4, 0.5) is 14.9 Å². The first kappa shape index (κ1) is 16.3. The maximum absolute atomic E-state index is 13.8. The van der Waals surface area contributed by atoms with E-state index in [0.29, 0.717) is 36.6 Å². The number of nitrogens with one attached hydrogen (secondary N) is 1. The Labute approximate surface area is 140 Å². The van der Waals surface area contributed by atoms with E-state index in [1.54, 1.807) is 28.8 Å². The Morgan fingerprint density at radius 2 is 2.25 bits per heavy atom. The summed E-state index contributed by atoms with van der Waals surface area (Å²) in [6.07, 6.45) is 1.28. The van der Waals surface area contributed by atoms with E-state index in [9.17, 15) is 9.18 Å². The van der Waals surface area contributed by atoms with E-state index >= 15 is 0 Å². The highest BCUT2D eigenvalue weighted by Gasteiger charge is 2.27. The quantitative estimate of drug-likeness (QED) is 0.935. The van der Waals surface area contributed by atoms with Gasteiger partial charge in [0.15, 0.2) is 0 Å². The van der Waals surface area contributed by atoms with E-state index in [1.807, 2.05) is 14.0 Å². The summed E-state index contributed by atoms with van der Waals surface area (Å²) in [5, 5.41) is 7.30. The number of halogens is 1. The van der Waals surface area contributed by atoms with Crippen LogP contribution in [0.25, 0.3) is 0 Å². The summed E-state index contributed by atoms with van der Waals surface area (Å²) in [6.45, 7) is 2.81. The minimum Gasteiger partial charge on any atom is -0.481 e. The van der Waals surface area contributed by atoms with E-state index in [4.69, 9.17) is 4.74 Å². The second-order valence-corrected chi connectivity index (χ2v) is 5.71. The van der Waals surface area contributed by atoms with Crippen molar-refractivity contribution in [1.29, 1.82) is 0 Å². The Balaban J connectivity index is 1.75. The van der Waals surface area contributed by atoms with Gasteiger partial charge in [0.2, 0.25) is 5.88 Å². The van der Waals surface area contributed by atoms with Crippen molar-refractivity contribution in [2.24, 2.45) is 7.05 Å². The maximum Gasteiger partial charge on any atom is 0.322 e. The molecule has 2 amide bonds. The monoisotopic (exact) mass is 332 g/mol. The molecule has 1 N–H and O–H groups in total. The molecule has 0 spiro atoms. The summed E-state index contributed by atoms with van der Waals surface area (Å²) in [6, 6.07) is 4.58. The lowest BCUT2D eigenvalue weighted by Gasteiger charge is -2.18. The van der Waals surface area contributed by atoms with Crippen molar-refractivity contribution in [3.63, 3.8) is 0 Å². The number of hydrogen-bond acceptors (Lipinski definition) is 3. The van der Waals surface area contributed by atoms with Crippen LogP contribution >= 0.6 is 0 Å². The normalized spacial score (nSPS) is 13.1. The van der Waals surface area contributed by atoms with E-state index in [1.165, 1.54) is 6.07 Å². The first-order chi connectivity index (χ1) is 11.6. The Bertz CT molecular complexity index is 772. The zero-order valence-electron chi connectivity index (χ0n) is 14.1. The van der Waals surface area contributed by atoms with Gasteiger partial charge in [0.05, 0.1) is 30.6 Å². The van der Waals surface area contributed by atoms with Crippen molar-refractivity contribution >= 4 is 11.7 Å². The number of methoxy groups -OCH3 is 1. The fraction of sp³-hybridized carbons (Fsp3) is 0.412. The highest BCUT2D eigenvalue weighted by molar-refractivity contribution is 5.94. The number of ether oxygens (including phenoxy) is 1. The van der Waals surface area contributed by atoms with Crippen molar-refractivity contribution in [2.75, 3.05) is 18.6 Å². The Kier molecular flexibility index (Phi) is 4.42. The predicted molar refractivity (Wildman–Crippen MR) is 88.8 cm³/mol. The number of nitrogens with zero attached hydrogens (tertiary/aromatic N) is 3. The number of hydrogen-bond donors (Lipinski definition) is 1. The van der Waals surface area contributed by atoms with Gasteiger partial charge >= 0.3 is 6.03 Å². The lowest BCUT2D eigenvalue weighted by Crippen LogP contribution is -2.38. The van der Waals surface area contributed by atoms with Gasteiger partial charge in [-0.3, -0.25) is 4.90 Å². The van der Waals surface area contributed by atoms with Gasteiger partial charge in [0.25, 0.3) is 0 Å². The SMILES string of the molecule is CCc1nn(C)c(OC)c1CNC(=O)N1CCc2c(F)cccc21. The zero-order chi connectivity index (χ0) is 17.3. The molecule has 1 aliphatic rings. The second-order valence-electron chi connectivity index (χ2n) is 5.71. The van der Waals surface area contributed by atoms with Crippen LogP contribution in [0.1, 0.15) is 23.7 Å². The lowest BCUT2D eigenvalue weighted by atomic mass is 10.1. The molecule has 6 nitrogen and oxygen atoms in total. The third kappa shape index (κ3) is 2.70. The molecule has 2 aromatic rings. The van der Waals surface area contributed by atoms with Gasteiger partial charge < -0.3 is 10.1 Å². The minimum absolute atomic E-state index is 0.243. The lowest BCUT2D eigenvalue weighted by molar-refractivity contribution is 0.246. The largest absolute Gasteiger partial charge is 0.481 e. The Morgan fingerprint density at radius 1 is 1.46 bits per heavy atom. The Hall–Kier alpha value is -2.57. The molecule has 2 heterocycles. The summed E-state index contributed by atoms with van der Waals surface area (Å²) in [5.41, 5.74) is 3.00. The third-order valence-electron chi connectivity index (χ3n) is 4.33. The molecule has 0 aliphatic carbocycles. The zero-order valence-corrected chi connectivity index (χ0v) is 14.1. The van der Waals surface area contributed by atoms with Crippen molar-refractivity contribution in [2.45, 2.75) is 26.3 Å². The minimum atomic E-state index is -0.259. The summed E-state index contributed by atoms with van der Waals surface area (Å²) in [7, 11) is 3.39. The molecule has 0 atom stereocenters. The molecule has 3 rings (SSSR count). The molecule has 128 valence electrons. The number of carbonyl (C=O) groups excluding carboxylic acids is 1. The maximum atomic E-state index is 13.8. The standard InChI is InChI=1S/C17H21FN4O2/c1-4-14-12(16(24-3)21(2)20-14)10-19-17(23)22-9-8-11-13(18)6-5-7-15(11)22/h5-7H,4,8-10H2,1-3H3,(H,19,23). The fourth-order valence-corrected chi connectivity index (χ4v) is 3.18. The molecule has 1 aromatic heterocycles. The van der Waals surface area contributed by atoms with E-state index in [-0.39, 0.29) is 11.8 Å². The van der Waals surface area contributed by atoms with Gasteiger partial charge in [-0.25, -0.2) is 13.9 Å².